The predicted molar refractivity (Wildman–Crippen MR) is 124 cm³/mol. The van der Waals surface area contributed by atoms with Gasteiger partial charge in [0.2, 0.25) is 6.35 Å². The van der Waals surface area contributed by atoms with Crippen LogP contribution in [0.25, 0.3) is 0 Å². The molecule has 0 unspecified atom stereocenters. The zero-order valence-electron chi connectivity index (χ0n) is 16.4. The summed E-state index contributed by atoms with van der Waals surface area (Å²) in [7, 11) is -0.318. The lowest BCUT2D eigenvalue weighted by Crippen LogP contribution is -2.35. The molecule has 4 aromatic carbocycles. The highest BCUT2D eigenvalue weighted by Crippen LogP contribution is 2.55. The van der Waals surface area contributed by atoms with Crippen LogP contribution in [0.5, 0.6) is 11.5 Å². The minimum absolute atomic E-state index is 0.595. The van der Waals surface area contributed by atoms with Crippen molar-refractivity contribution in [2.75, 3.05) is 13.5 Å². The lowest BCUT2D eigenvalue weighted by Gasteiger charge is -2.27. The fourth-order valence-electron chi connectivity index (χ4n) is 3.56. The van der Waals surface area contributed by atoms with Crippen LogP contribution < -0.4 is 25.4 Å². The summed E-state index contributed by atoms with van der Waals surface area (Å²) in [5, 5.41) is 3.93. The summed E-state index contributed by atoms with van der Waals surface area (Å²) in [5.74, 6) is 1.67. The van der Waals surface area contributed by atoms with Gasteiger partial charge in [0.05, 0.1) is 7.11 Å². The molecule has 0 aliphatic heterocycles. The first kappa shape index (κ1) is 19.2. The minimum atomic E-state index is -1.99. The van der Waals surface area contributed by atoms with Crippen LogP contribution in [0.2, 0.25) is 0 Å². The molecule has 0 aliphatic carbocycles. The Morgan fingerprint density at radius 3 is 1.28 bits per heavy atom. The molecule has 0 heterocycles. The molecule has 4 aromatic rings. The quantitative estimate of drug-likeness (QED) is 0.406. The van der Waals surface area contributed by atoms with Crippen molar-refractivity contribution in [1.82, 2.24) is 0 Å². The zero-order valence-corrected chi connectivity index (χ0v) is 17.3. The van der Waals surface area contributed by atoms with Crippen LogP contribution in [0, 0.1) is 0 Å². The molecule has 0 bridgehead atoms. The highest BCUT2D eigenvalue weighted by Gasteiger charge is 2.46. The molecule has 0 N–H and O–H groups in total. The van der Waals surface area contributed by atoms with Gasteiger partial charge in [-0.15, -0.1) is 0 Å². The smallest absolute Gasteiger partial charge is 0.210 e. The van der Waals surface area contributed by atoms with Crippen molar-refractivity contribution in [2.24, 2.45) is 0 Å². The van der Waals surface area contributed by atoms with Crippen LogP contribution in [0.3, 0.4) is 0 Å². The molecule has 144 valence electrons. The van der Waals surface area contributed by atoms with E-state index in [9.17, 15) is 0 Å². The molecule has 2 nitrogen and oxygen atoms in total. The van der Waals surface area contributed by atoms with Crippen molar-refractivity contribution in [1.29, 1.82) is 0 Å². The van der Waals surface area contributed by atoms with E-state index in [1.807, 2.05) is 24.3 Å². The standard InChI is InChI=1S/C26H24O2P/c1-27-22-17-19-23(20-18-22)28-21-29(24-11-5-2-6-12-24,25-13-7-3-8-14-25)26-15-9-4-10-16-26/h2-20H,21H2,1H3/q+1. The van der Waals surface area contributed by atoms with Crippen LogP contribution in [0.15, 0.2) is 115 Å². The Bertz CT molecular complexity index is 920. The Labute approximate surface area is 173 Å². The maximum absolute atomic E-state index is 6.43. The van der Waals surface area contributed by atoms with Crippen molar-refractivity contribution in [2.45, 2.75) is 0 Å². The number of ether oxygens (including phenoxy) is 2. The van der Waals surface area contributed by atoms with Crippen molar-refractivity contribution in [3.05, 3.63) is 115 Å². The lowest BCUT2D eigenvalue weighted by molar-refractivity contribution is 0.384. The molecule has 0 fully saturated rings. The van der Waals surface area contributed by atoms with Gasteiger partial charge in [0.1, 0.15) is 27.4 Å². The van der Waals surface area contributed by atoms with Gasteiger partial charge in [0.15, 0.2) is 7.26 Å². The van der Waals surface area contributed by atoms with Crippen LogP contribution >= 0.6 is 7.26 Å². The summed E-state index contributed by atoms with van der Waals surface area (Å²) in [4.78, 5) is 0. The molecule has 4 rings (SSSR count). The van der Waals surface area contributed by atoms with Gasteiger partial charge >= 0.3 is 0 Å². The molecule has 0 saturated carbocycles. The molecular weight excluding hydrogens is 375 g/mol. The fourth-order valence-corrected chi connectivity index (χ4v) is 7.29. The van der Waals surface area contributed by atoms with E-state index in [1.165, 1.54) is 15.9 Å². The van der Waals surface area contributed by atoms with E-state index in [2.05, 4.69) is 91.0 Å². The van der Waals surface area contributed by atoms with Gasteiger partial charge in [-0.2, -0.15) is 0 Å². The van der Waals surface area contributed by atoms with E-state index in [0.717, 1.165) is 11.5 Å². The highest BCUT2D eigenvalue weighted by molar-refractivity contribution is 7.95. The monoisotopic (exact) mass is 399 g/mol. The Morgan fingerprint density at radius 1 is 0.517 bits per heavy atom. The molecule has 0 atom stereocenters. The Hall–Kier alpha value is -3.09. The first-order valence-corrected chi connectivity index (χ1v) is 11.6. The second-order valence-electron chi connectivity index (χ2n) is 6.77. The number of rotatable bonds is 7. The van der Waals surface area contributed by atoms with E-state index in [4.69, 9.17) is 9.47 Å². The minimum Gasteiger partial charge on any atom is -0.497 e. The third-order valence-corrected chi connectivity index (χ3v) is 9.13. The summed E-state index contributed by atoms with van der Waals surface area (Å²) in [5.41, 5.74) is 0. The summed E-state index contributed by atoms with van der Waals surface area (Å²) in [6.45, 7) is 0. The van der Waals surface area contributed by atoms with Gasteiger partial charge in [-0.25, -0.2) is 0 Å². The topological polar surface area (TPSA) is 18.5 Å². The predicted octanol–water partition coefficient (Wildman–Crippen LogP) is 5.03. The lowest BCUT2D eigenvalue weighted by atomic mass is 10.3. The van der Waals surface area contributed by atoms with Crippen molar-refractivity contribution < 1.29 is 9.47 Å². The van der Waals surface area contributed by atoms with Gasteiger partial charge in [0, 0.05) is 0 Å². The number of hydrogen-bond donors (Lipinski definition) is 0. The molecule has 0 spiro atoms. The van der Waals surface area contributed by atoms with E-state index < -0.39 is 7.26 Å². The van der Waals surface area contributed by atoms with E-state index >= 15 is 0 Å². The van der Waals surface area contributed by atoms with Crippen molar-refractivity contribution in [3.8, 4) is 11.5 Å². The highest BCUT2D eigenvalue weighted by atomic mass is 31.2. The second-order valence-corrected chi connectivity index (χ2v) is 10.2. The normalized spacial score (nSPS) is 11.1. The maximum Gasteiger partial charge on any atom is 0.210 e. The summed E-state index contributed by atoms with van der Waals surface area (Å²) < 4.78 is 11.7. The third-order valence-electron chi connectivity index (χ3n) is 5.08. The molecule has 29 heavy (non-hydrogen) atoms. The SMILES string of the molecule is COc1ccc(OC[P+](c2ccccc2)(c2ccccc2)c2ccccc2)cc1. The van der Waals surface area contributed by atoms with Crippen LogP contribution in [0.4, 0.5) is 0 Å². The van der Waals surface area contributed by atoms with Gasteiger partial charge in [0.25, 0.3) is 0 Å². The van der Waals surface area contributed by atoms with Crippen molar-refractivity contribution in [3.63, 3.8) is 0 Å². The summed E-state index contributed by atoms with van der Waals surface area (Å²) in [6, 6.07) is 40.1. The molecule has 0 saturated heterocycles. The molecular formula is C26H24O2P+. The molecule has 0 aromatic heterocycles. The molecule has 0 amide bonds. The average Bonchev–Trinajstić information content (AvgIpc) is 2.82. The van der Waals surface area contributed by atoms with Crippen molar-refractivity contribution >= 4 is 23.2 Å². The number of hydrogen-bond acceptors (Lipinski definition) is 2. The maximum atomic E-state index is 6.43. The van der Waals surface area contributed by atoms with E-state index in [0.29, 0.717) is 6.35 Å². The first-order valence-electron chi connectivity index (χ1n) is 9.65. The molecule has 3 heteroatoms. The van der Waals surface area contributed by atoms with Gasteiger partial charge < -0.3 is 9.47 Å². The fraction of sp³-hybridized carbons (Fsp3) is 0.0769. The van der Waals surface area contributed by atoms with Gasteiger partial charge in [-0.1, -0.05) is 54.6 Å². The zero-order chi connectivity index (χ0) is 19.9. The van der Waals surface area contributed by atoms with Crippen LogP contribution in [-0.4, -0.2) is 13.5 Å². The van der Waals surface area contributed by atoms with E-state index in [1.54, 1.807) is 7.11 Å². The van der Waals surface area contributed by atoms with Gasteiger partial charge in [-0.05, 0) is 60.7 Å². The number of methoxy groups -OCH3 is 1. The van der Waals surface area contributed by atoms with Gasteiger partial charge in [-0.3, -0.25) is 0 Å². The largest absolute Gasteiger partial charge is 0.497 e. The van der Waals surface area contributed by atoms with E-state index in [-0.39, 0.29) is 0 Å². The number of benzene rings is 4. The third kappa shape index (κ3) is 4.04. The average molecular weight is 399 g/mol. The Morgan fingerprint density at radius 2 is 0.897 bits per heavy atom. The Balaban J connectivity index is 1.83. The summed E-state index contributed by atoms with van der Waals surface area (Å²) in [6.07, 6.45) is 0.595. The summed E-state index contributed by atoms with van der Waals surface area (Å²) >= 11 is 0. The molecule has 0 aliphatic rings. The van der Waals surface area contributed by atoms with Crippen LogP contribution in [-0.2, 0) is 0 Å². The second kappa shape index (κ2) is 8.94. The Kier molecular flexibility index (Phi) is 5.93. The van der Waals surface area contributed by atoms with Crippen LogP contribution in [0.1, 0.15) is 0 Å². The molecule has 0 radical (unpaired) electrons. The first-order chi connectivity index (χ1) is 14.3.